The van der Waals surface area contributed by atoms with E-state index in [1.807, 2.05) is 19.1 Å². The van der Waals surface area contributed by atoms with Gasteiger partial charge in [0.05, 0.1) is 6.54 Å². The third-order valence-corrected chi connectivity index (χ3v) is 3.75. The third-order valence-electron chi connectivity index (χ3n) is 3.51. The number of nitrogens with one attached hydrogen (secondary N) is 2. The molecule has 21 heavy (non-hydrogen) atoms. The van der Waals surface area contributed by atoms with Gasteiger partial charge in [0.25, 0.3) is 0 Å². The first-order valence-corrected chi connectivity index (χ1v) is 7.85. The molecule has 1 aromatic carbocycles. The van der Waals surface area contributed by atoms with E-state index in [0.717, 1.165) is 30.9 Å². The molecule has 4 nitrogen and oxygen atoms in total. The Bertz CT molecular complexity index is 461. The van der Waals surface area contributed by atoms with Crippen LogP contribution in [0.2, 0.25) is 5.02 Å². The molecule has 0 saturated carbocycles. The zero-order valence-corrected chi connectivity index (χ0v) is 14.1. The number of hydrogen-bond acceptors (Lipinski definition) is 3. The van der Waals surface area contributed by atoms with E-state index in [4.69, 9.17) is 11.6 Å². The summed E-state index contributed by atoms with van der Waals surface area (Å²) in [6.07, 6.45) is 0. The molecule has 1 unspecified atom stereocenters. The van der Waals surface area contributed by atoms with E-state index in [9.17, 15) is 4.79 Å². The summed E-state index contributed by atoms with van der Waals surface area (Å²) in [5, 5.41) is 6.76. The van der Waals surface area contributed by atoms with E-state index in [-0.39, 0.29) is 11.9 Å². The van der Waals surface area contributed by atoms with Gasteiger partial charge in [-0.15, -0.1) is 0 Å². The maximum Gasteiger partial charge on any atom is 0.238 e. The monoisotopic (exact) mass is 311 g/mol. The summed E-state index contributed by atoms with van der Waals surface area (Å²) in [5.74, 6) is -0.0493. The summed E-state index contributed by atoms with van der Waals surface area (Å²) in [5.41, 5.74) is 1.77. The molecule has 0 bridgehead atoms. The molecule has 0 saturated heterocycles. The minimum atomic E-state index is -0.0493. The number of rotatable bonds is 8. The molecule has 1 aromatic rings. The van der Waals surface area contributed by atoms with Crippen molar-refractivity contribution in [2.75, 3.05) is 31.5 Å². The van der Waals surface area contributed by atoms with Gasteiger partial charge in [-0.2, -0.15) is 0 Å². The summed E-state index contributed by atoms with van der Waals surface area (Å²) in [4.78, 5) is 14.3. The van der Waals surface area contributed by atoms with E-state index in [1.54, 1.807) is 6.07 Å². The van der Waals surface area contributed by atoms with Crippen molar-refractivity contribution < 1.29 is 4.79 Å². The largest absolute Gasteiger partial charge is 0.325 e. The lowest BCUT2D eigenvalue weighted by Crippen LogP contribution is -2.42. The number of likely N-dealkylation sites (N-methyl/N-ethyl adjacent to an activating group) is 1. The van der Waals surface area contributed by atoms with Crippen LogP contribution in [0.3, 0.4) is 0 Å². The number of benzene rings is 1. The first kappa shape index (κ1) is 18.0. The van der Waals surface area contributed by atoms with Crippen molar-refractivity contribution in [1.82, 2.24) is 10.2 Å². The quantitative estimate of drug-likeness (QED) is 0.776. The molecule has 0 radical (unpaired) electrons. The predicted octanol–water partition coefficient (Wildman–Crippen LogP) is 2.91. The van der Waals surface area contributed by atoms with Crippen molar-refractivity contribution in [3.63, 3.8) is 0 Å². The molecule has 0 aliphatic rings. The fourth-order valence-corrected chi connectivity index (χ4v) is 2.30. The molecule has 0 fully saturated rings. The van der Waals surface area contributed by atoms with E-state index >= 15 is 0 Å². The van der Waals surface area contributed by atoms with Crippen LogP contribution in [0.4, 0.5) is 5.69 Å². The number of nitrogens with zero attached hydrogens (tertiary/aromatic N) is 1. The molecule has 5 heteroatoms. The van der Waals surface area contributed by atoms with Gasteiger partial charge in [0.2, 0.25) is 5.91 Å². The van der Waals surface area contributed by atoms with Crippen LogP contribution < -0.4 is 10.6 Å². The lowest BCUT2D eigenvalue weighted by molar-refractivity contribution is -0.115. The maximum absolute atomic E-state index is 12.0. The van der Waals surface area contributed by atoms with E-state index in [0.29, 0.717) is 11.6 Å². The highest BCUT2D eigenvalue weighted by atomic mass is 35.5. The third kappa shape index (κ3) is 6.46. The van der Waals surface area contributed by atoms with Crippen LogP contribution >= 0.6 is 11.6 Å². The number of aryl methyl sites for hydroxylation is 1. The molecule has 2 N–H and O–H groups in total. The smallest absolute Gasteiger partial charge is 0.238 e. The minimum absolute atomic E-state index is 0.0493. The first-order chi connectivity index (χ1) is 9.96. The summed E-state index contributed by atoms with van der Waals surface area (Å²) in [6.45, 7) is 11.6. The molecule has 1 amide bonds. The molecule has 1 rings (SSSR count). The van der Waals surface area contributed by atoms with E-state index in [2.05, 4.69) is 36.3 Å². The average molecular weight is 312 g/mol. The van der Waals surface area contributed by atoms with Crippen molar-refractivity contribution in [2.24, 2.45) is 0 Å². The van der Waals surface area contributed by atoms with E-state index < -0.39 is 0 Å². The molecule has 1 atom stereocenters. The van der Waals surface area contributed by atoms with Gasteiger partial charge < -0.3 is 15.5 Å². The highest BCUT2D eigenvalue weighted by molar-refractivity contribution is 6.31. The van der Waals surface area contributed by atoms with Crippen molar-refractivity contribution in [2.45, 2.75) is 33.7 Å². The van der Waals surface area contributed by atoms with Gasteiger partial charge in [0, 0.05) is 23.3 Å². The van der Waals surface area contributed by atoms with Crippen LogP contribution in [0.5, 0.6) is 0 Å². The normalized spacial score (nSPS) is 12.5. The van der Waals surface area contributed by atoms with Crippen LogP contribution in [0.15, 0.2) is 18.2 Å². The number of anilines is 1. The van der Waals surface area contributed by atoms with Gasteiger partial charge in [-0.3, -0.25) is 4.79 Å². The summed E-state index contributed by atoms with van der Waals surface area (Å²) in [7, 11) is 0. The topological polar surface area (TPSA) is 44.4 Å². The second kappa shape index (κ2) is 9.03. The van der Waals surface area contributed by atoms with Gasteiger partial charge >= 0.3 is 0 Å². The van der Waals surface area contributed by atoms with Gasteiger partial charge in [0.1, 0.15) is 0 Å². The Kier molecular flexibility index (Phi) is 7.72. The molecule has 0 aliphatic heterocycles. The highest BCUT2D eigenvalue weighted by Crippen LogP contribution is 2.19. The maximum atomic E-state index is 12.0. The molecular formula is C16H26ClN3O. The van der Waals surface area contributed by atoms with Crippen LogP contribution in [0.25, 0.3) is 0 Å². The van der Waals surface area contributed by atoms with Gasteiger partial charge in [-0.1, -0.05) is 31.5 Å². The Balaban J connectivity index is 2.42. The number of amides is 1. The average Bonchev–Trinajstić information content (AvgIpc) is 2.46. The summed E-state index contributed by atoms with van der Waals surface area (Å²) in [6, 6.07) is 5.76. The molecule has 0 heterocycles. The highest BCUT2D eigenvalue weighted by Gasteiger charge is 2.10. The zero-order valence-electron chi connectivity index (χ0n) is 13.4. The number of halogens is 1. The predicted molar refractivity (Wildman–Crippen MR) is 90.1 cm³/mol. The SMILES string of the molecule is CCN(CC)CC(C)NCC(=O)Nc1cc(Cl)ccc1C. The van der Waals surface area contributed by atoms with Crippen LogP contribution in [0, 0.1) is 6.92 Å². The molecule has 0 aromatic heterocycles. The van der Waals surface area contributed by atoms with Gasteiger partial charge in [-0.05, 0) is 44.6 Å². The molecule has 0 spiro atoms. The van der Waals surface area contributed by atoms with Crippen molar-refractivity contribution in [3.8, 4) is 0 Å². The van der Waals surface area contributed by atoms with Crippen LogP contribution in [-0.2, 0) is 4.79 Å². The number of carbonyl (C=O) groups is 1. The standard InChI is InChI=1S/C16H26ClN3O/c1-5-20(6-2)11-13(4)18-10-16(21)19-15-9-14(17)8-7-12(15)3/h7-9,13,18H,5-6,10-11H2,1-4H3,(H,19,21). The van der Waals surface area contributed by atoms with Gasteiger partial charge in [-0.25, -0.2) is 0 Å². The fourth-order valence-electron chi connectivity index (χ4n) is 2.12. The lowest BCUT2D eigenvalue weighted by atomic mass is 10.2. The Morgan fingerprint density at radius 2 is 2.00 bits per heavy atom. The van der Waals surface area contributed by atoms with Crippen LogP contribution in [0.1, 0.15) is 26.3 Å². The number of carbonyl (C=O) groups excluding carboxylic acids is 1. The second-order valence-corrected chi connectivity index (χ2v) is 5.71. The Morgan fingerprint density at radius 1 is 1.33 bits per heavy atom. The second-order valence-electron chi connectivity index (χ2n) is 5.28. The van der Waals surface area contributed by atoms with E-state index in [1.165, 1.54) is 0 Å². The Labute approximate surface area is 132 Å². The summed E-state index contributed by atoms with van der Waals surface area (Å²) < 4.78 is 0. The Hall–Kier alpha value is -1.10. The fraction of sp³-hybridized carbons (Fsp3) is 0.562. The minimum Gasteiger partial charge on any atom is -0.325 e. The van der Waals surface area contributed by atoms with Crippen LogP contribution in [-0.4, -0.2) is 43.0 Å². The van der Waals surface area contributed by atoms with Crippen molar-refractivity contribution in [3.05, 3.63) is 28.8 Å². The molecular weight excluding hydrogens is 286 g/mol. The lowest BCUT2D eigenvalue weighted by Gasteiger charge is -2.23. The Morgan fingerprint density at radius 3 is 2.62 bits per heavy atom. The molecule has 118 valence electrons. The van der Waals surface area contributed by atoms with Crippen molar-refractivity contribution in [1.29, 1.82) is 0 Å². The first-order valence-electron chi connectivity index (χ1n) is 7.48. The zero-order chi connectivity index (χ0) is 15.8. The van der Waals surface area contributed by atoms with Crippen molar-refractivity contribution >= 4 is 23.2 Å². The van der Waals surface area contributed by atoms with Gasteiger partial charge in [0.15, 0.2) is 0 Å². The molecule has 0 aliphatic carbocycles. The summed E-state index contributed by atoms with van der Waals surface area (Å²) >= 11 is 5.94. The number of hydrogen-bond donors (Lipinski definition) is 2.